The molecule has 3 N–H and O–H groups in total. The van der Waals surface area contributed by atoms with Crippen molar-refractivity contribution in [3.8, 4) is 0 Å². The molecule has 1 unspecified atom stereocenters. The largest absolute Gasteiger partial charge is 0.361 e. The van der Waals surface area contributed by atoms with Gasteiger partial charge in [0, 0.05) is 5.56 Å². The Kier molecular flexibility index (Phi) is 4.69. The van der Waals surface area contributed by atoms with E-state index in [1.54, 1.807) is 0 Å². The van der Waals surface area contributed by atoms with Crippen molar-refractivity contribution in [2.75, 3.05) is 0 Å². The van der Waals surface area contributed by atoms with Crippen LogP contribution in [0, 0.1) is 13.8 Å². The van der Waals surface area contributed by atoms with Gasteiger partial charge in [-0.25, -0.2) is 0 Å². The molecule has 0 saturated carbocycles. The highest BCUT2D eigenvalue weighted by Crippen LogP contribution is 2.20. The third kappa shape index (κ3) is 3.30. The number of hydrogen-bond donors (Lipinski definition) is 2. The van der Waals surface area contributed by atoms with Crippen molar-refractivity contribution >= 4 is 5.91 Å². The molecule has 0 spiro atoms. The van der Waals surface area contributed by atoms with E-state index in [0.717, 1.165) is 23.4 Å². The second-order valence-corrected chi connectivity index (χ2v) is 4.36. The van der Waals surface area contributed by atoms with E-state index in [4.69, 9.17) is 10.3 Å². The summed E-state index contributed by atoms with van der Waals surface area (Å²) in [5, 5.41) is 6.75. The lowest BCUT2D eigenvalue weighted by atomic mass is 10.1. The van der Waals surface area contributed by atoms with Gasteiger partial charge < -0.3 is 15.6 Å². The number of nitrogens with zero attached hydrogens (tertiary/aromatic N) is 1. The van der Waals surface area contributed by atoms with E-state index in [9.17, 15) is 4.79 Å². The highest BCUT2D eigenvalue weighted by atomic mass is 16.5. The summed E-state index contributed by atoms with van der Waals surface area (Å²) < 4.78 is 5.07. The first-order valence-corrected chi connectivity index (χ1v) is 5.96. The Hall–Kier alpha value is -1.36. The minimum atomic E-state index is -0.442. The van der Waals surface area contributed by atoms with Gasteiger partial charge in [-0.05, 0) is 27.2 Å². The molecule has 1 aromatic heterocycles. The molecule has 1 aromatic rings. The first kappa shape index (κ1) is 13.7. The lowest BCUT2D eigenvalue weighted by Gasteiger charge is -2.17. The van der Waals surface area contributed by atoms with Crippen LogP contribution in [0.1, 0.15) is 49.7 Å². The second kappa shape index (κ2) is 5.82. The minimum absolute atomic E-state index is 0.126. The van der Waals surface area contributed by atoms with E-state index >= 15 is 0 Å². The predicted octanol–water partition coefficient (Wildman–Crippen LogP) is 1.60. The number of nitrogens with two attached hydrogens (primary N) is 1. The van der Waals surface area contributed by atoms with Crippen LogP contribution in [0.3, 0.4) is 0 Å². The zero-order valence-electron chi connectivity index (χ0n) is 10.9. The van der Waals surface area contributed by atoms with Crippen LogP contribution in [0.4, 0.5) is 0 Å². The van der Waals surface area contributed by atoms with Crippen LogP contribution in [0.25, 0.3) is 0 Å². The van der Waals surface area contributed by atoms with Crippen molar-refractivity contribution in [1.29, 1.82) is 0 Å². The molecule has 1 rings (SSSR count). The van der Waals surface area contributed by atoms with Gasteiger partial charge in [0.1, 0.15) is 5.76 Å². The third-order valence-corrected chi connectivity index (χ3v) is 2.82. The number of aromatic nitrogens is 1. The van der Waals surface area contributed by atoms with E-state index in [1.165, 1.54) is 0 Å². The average Bonchev–Trinajstić information content (AvgIpc) is 2.58. The van der Waals surface area contributed by atoms with Crippen molar-refractivity contribution in [3.63, 3.8) is 0 Å². The molecule has 2 atom stereocenters. The molecule has 5 nitrogen and oxygen atoms in total. The maximum atomic E-state index is 11.8. The monoisotopic (exact) mass is 239 g/mol. The maximum Gasteiger partial charge on any atom is 0.237 e. The molecular weight excluding hydrogens is 218 g/mol. The molecule has 96 valence electrons. The number of amides is 1. The number of rotatable bonds is 5. The third-order valence-electron chi connectivity index (χ3n) is 2.82. The Morgan fingerprint density at radius 1 is 1.53 bits per heavy atom. The molecule has 1 amide bonds. The Morgan fingerprint density at radius 3 is 2.65 bits per heavy atom. The first-order chi connectivity index (χ1) is 7.97. The summed E-state index contributed by atoms with van der Waals surface area (Å²) in [5.41, 5.74) is 7.49. The summed E-state index contributed by atoms with van der Waals surface area (Å²) >= 11 is 0. The summed E-state index contributed by atoms with van der Waals surface area (Å²) in [5.74, 6) is 0.610. The molecule has 17 heavy (non-hydrogen) atoms. The zero-order valence-corrected chi connectivity index (χ0v) is 10.9. The summed E-state index contributed by atoms with van der Waals surface area (Å²) in [6.45, 7) is 7.61. The molecular formula is C12H21N3O2. The van der Waals surface area contributed by atoms with Gasteiger partial charge in [-0.2, -0.15) is 0 Å². The Morgan fingerprint density at radius 2 is 2.18 bits per heavy atom. The van der Waals surface area contributed by atoms with Gasteiger partial charge in [0.2, 0.25) is 5.91 Å². The van der Waals surface area contributed by atoms with E-state index in [1.807, 2.05) is 27.7 Å². The summed E-state index contributed by atoms with van der Waals surface area (Å²) in [6.07, 6.45) is 1.59. The van der Waals surface area contributed by atoms with Crippen LogP contribution in [0.15, 0.2) is 4.52 Å². The molecule has 5 heteroatoms. The molecule has 0 radical (unpaired) electrons. The van der Waals surface area contributed by atoms with E-state index in [-0.39, 0.29) is 11.9 Å². The summed E-state index contributed by atoms with van der Waals surface area (Å²) in [6, 6.07) is -0.570. The molecule has 0 aliphatic heterocycles. The molecule has 0 aromatic carbocycles. The van der Waals surface area contributed by atoms with Crippen LogP contribution in [0.2, 0.25) is 0 Å². The molecule has 0 fully saturated rings. The van der Waals surface area contributed by atoms with Crippen LogP contribution in [0.5, 0.6) is 0 Å². The van der Waals surface area contributed by atoms with Crippen LogP contribution in [-0.2, 0) is 4.79 Å². The highest BCUT2D eigenvalue weighted by molar-refractivity contribution is 5.81. The lowest BCUT2D eigenvalue weighted by Crippen LogP contribution is -2.41. The fourth-order valence-electron chi connectivity index (χ4n) is 1.94. The van der Waals surface area contributed by atoms with Crippen LogP contribution in [-0.4, -0.2) is 17.1 Å². The van der Waals surface area contributed by atoms with E-state index in [0.29, 0.717) is 6.42 Å². The van der Waals surface area contributed by atoms with Gasteiger partial charge >= 0.3 is 0 Å². The number of nitrogens with one attached hydrogen (secondary N) is 1. The minimum Gasteiger partial charge on any atom is -0.361 e. The van der Waals surface area contributed by atoms with Crippen LogP contribution < -0.4 is 11.1 Å². The standard InChI is InChI=1S/C12H21N3O2/c1-5-6-10(13)12(16)14-7(2)11-8(3)15-17-9(11)4/h7,10H,5-6,13H2,1-4H3,(H,14,16)/t7?,10-/m0/s1. The maximum absolute atomic E-state index is 11.8. The Labute approximate surface area is 102 Å². The van der Waals surface area contributed by atoms with Gasteiger partial charge in [-0.15, -0.1) is 0 Å². The number of carbonyl (C=O) groups excluding carboxylic acids is 1. The topological polar surface area (TPSA) is 81.2 Å². The van der Waals surface area contributed by atoms with Gasteiger partial charge in [0.15, 0.2) is 0 Å². The molecule has 1 heterocycles. The zero-order chi connectivity index (χ0) is 13.0. The second-order valence-electron chi connectivity index (χ2n) is 4.36. The Balaban J connectivity index is 2.66. The van der Waals surface area contributed by atoms with Gasteiger partial charge in [-0.3, -0.25) is 4.79 Å². The lowest BCUT2D eigenvalue weighted by molar-refractivity contribution is -0.123. The molecule has 0 aliphatic rings. The molecule has 0 aliphatic carbocycles. The first-order valence-electron chi connectivity index (χ1n) is 5.96. The van der Waals surface area contributed by atoms with Crippen LogP contribution >= 0.6 is 0 Å². The van der Waals surface area contributed by atoms with Crippen molar-refractivity contribution in [2.24, 2.45) is 5.73 Å². The van der Waals surface area contributed by atoms with Gasteiger partial charge in [-0.1, -0.05) is 18.5 Å². The number of hydrogen-bond acceptors (Lipinski definition) is 4. The molecule has 0 bridgehead atoms. The van der Waals surface area contributed by atoms with Crippen molar-refractivity contribution in [3.05, 3.63) is 17.0 Å². The van der Waals surface area contributed by atoms with Crippen molar-refractivity contribution in [1.82, 2.24) is 10.5 Å². The predicted molar refractivity (Wildman–Crippen MR) is 65.4 cm³/mol. The molecule has 0 saturated heterocycles. The fraction of sp³-hybridized carbons (Fsp3) is 0.667. The average molecular weight is 239 g/mol. The normalized spacial score (nSPS) is 14.4. The Bertz CT molecular complexity index is 368. The van der Waals surface area contributed by atoms with E-state index in [2.05, 4.69) is 10.5 Å². The summed E-state index contributed by atoms with van der Waals surface area (Å²) in [7, 11) is 0. The number of carbonyl (C=O) groups is 1. The van der Waals surface area contributed by atoms with Gasteiger partial charge in [0.25, 0.3) is 0 Å². The van der Waals surface area contributed by atoms with Gasteiger partial charge in [0.05, 0.1) is 17.8 Å². The van der Waals surface area contributed by atoms with Crippen molar-refractivity contribution < 1.29 is 9.32 Å². The smallest absolute Gasteiger partial charge is 0.237 e. The van der Waals surface area contributed by atoms with Crippen molar-refractivity contribution in [2.45, 2.75) is 52.6 Å². The highest BCUT2D eigenvalue weighted by Gasteiger charge is 2.20. The van der Waals surface area contributed by atoms with E-state index < -0.39 is 6.04 Å². The quantitative estimate of drug-likeness (QED) is 0.817. The fourth-order valence-corrected chi connectivity index (χ4v) is 1.94. The number of aryl methyl sites for hydroxylation is 2. The SMILES string of the molecule is CCC[C@H](N)C(=O)NC(C)c1c(C)noc1C. The summed E-state index contributed by atoms with van der Waals surface area (Å²) in [4.78, 5) is 11.8.